The molecular weight excluding hydrogens is 269 g/mol. The van der Waals surface area contributed by atoms with Gasteiger partial charge in [-0.15, -0.1) is 0 Å². The molecule has 5 heteroatoms. The van der Waals surface area contributed by atoms with Crippen LogP contribution < -0.4 is 5.73 Å². The molecule has 0 amide bonds. The van der Waals surface area contributed by atoms with Gasteiger partial charge in [-0.25, -0.2) is 0 Å². The lowest BCUT2D eigenvalue weighted by Crippen LogP contribution is -2.26. The first-order chi connectivity index (χ1) is 6.43. The highest BCUT2D eigenvalue weighted by atomic mass is 79.9. The Bertz CT molecular complexity index is 379. The van der Waals surface area contributed by atoms with Crippen LogP contribution >= 0.6 is 27.5 Å². The molecule has 0 saturated carbocycles. The predicted molar refractivity (Wildman–Crippen MR) is 58.8 cm³/mol. The molecule has 1 rings (SSSR count). The molecule has 0 aliphatic heterocycles. The van der Waals surface area contributed by atoms with E-state index in [1.165, 1.54) is 12.1 Å². The van der Waals surface area contributed by atoms with Gasteiger partial charge in [0.25, 0.3) is 0 Å². The minimum Gasteiger partial charge on any atom is -0.507 e. The number of hydrogen-bond acceptors (Lipinski definition) is 3. The van der Waals surface area contributed by atoms with Crippen molar-refractivity contribution < 1.29 is 9.90 Å². The first kappa shape index (κ1) is 11.5. The summed E-state index contributed by atoms with van der Waals surface area (Å²) < 4.78 is 0.540. The van der Waals surface area contributed by atoms with Crippen molar-refractivity contribution in [1.82, 2.24) is 0 Å². The molecule has 0 heterocycles. The number of carbonyl (C=O) groups excluding carboxylic acids is 1. The quantitative estimate of drug-likeness (QED) is 0.816. The number of hydrogen-bond donors (Lipinski definition) is 2. The SMILES string of the molecule is CC(N)C(=O)c1cc(Cl)c(Br)cc1O. The molecule has 0 saturated heterocycles. The van der Waals surface area contributed by atoms with E-state index in [1.54, 1.807) is 6.92 Å². The second kappa shape index (κ2) is 4.29. The molecule has 0 spiro atoms. The molecule has 3 N–H and O–H groups in total. The summed E-state index contributed by atoms with van der Waals surface area (Å²) in [6, 6.07) is 2.11. The van der Waals surface area contributed by atoms with Crippen molar-refractivity contribution in [2.24, 2.45) is 5.73 Å². The third kappa shape index (κ3) is 2.26. The molecule has 1 atom stereocenters. The fourth-order valence-electron chi connectivity index (χ4n) is 0.979. The van der Waals surface area contributed by atoms with E-state index in [9.17, 15) is 9.90 Å². The lowest BCUT2D eigenvalue weighted by atomic mass is 10.1. The number of halogens is 2. The highest BCUT2D eigenvalue weighted by Crippen LogP contribution is 2.30. The minimum atomic E-state index is -0.654. The van der Waals surface area contributed by atoms with E-state index >= 15 is 0 Å². The van der Waals surface area contributed by atoms with Crippen molar-refractivity contribution in [3.05, 3.63) is 27.2 Å². The molecule has 14 heavy (non-hydrogen) atoms. The Labute approximate surface area is 95.0 Å². The fraction of sp³-hybridized carbons (Fsp3) is 0.222. The molecule has 0 aliphatic rings. The summed E-state index contributed by atoms with van der Waals surface area (Å²) in [5.41, 5.74) is 5.56. The Morgan fingerprint density at radius 3 is 2.71 bits per heavy atom. The summed E-state index contributed by atoms with van der Waals surface area (Å²) in [7, 11) is 0. The number of benzene rings is 1. The van der Waals surface area contributed by atoms with E-state index in [-0.39, 0.29) is 17.1 Å². The second-order valence-corrected chi connectivity index (χ2v) is 4.20. The van der Waals surface area contributed by atoms with E-state index in [4.69, 9.17) is 17.3 Å². The van der Waals surface area contributed by atoms with E-state index in [1.807, 2.05) is 0 Å². The molecule has 0 aromatic heterocycles. The first-order valence-corrected chi connectivity index (χ1v) is 5.08. The van der Waals surface area contributed by atoms with Gasteiger partial charge in [0.15, 0.2) is 5.78 Å². The highest BCUT2D eigenvalue weighted by Gasteiger charge is 2.16. The van der Waals surface area contributed by atoms with Crippen LogP contribution in [-0.2, 0) is 0 Å². The van der Waals surface area contributed by atoms with Gasteiger partial charge in [-0.3, -0.25) is 4.79 Å². The van der Waals surface area contributed by atoms with Crippen LogP contribution in [0.15, 0.2) is 16.6 Å². The van der Waals surface area contributed by atoms with E-state index in [0.717, 1.165) is 0 Å². The first-order valence-electron chi connectivity index (χ1n) is 3.91. The molecule has 0 fully saturated rings. The van der Waals surface area contributed by atoms with Crippen LogP contribution in [0.2, 0.25) is 5.02 Å². The monoisotopic (exact) mass is 277 g/mol. The zero-order chi connectivity index (χ0) is 10.9. The topological polar surface area (TPSA) is 63.3 Å². The van der Waals surface area contributed by atoms with Crippen molar-refractivity contribution >= 4 is 33.3 Å². The lowest BCUT2D eigenvalue weighted by molar-refractivity contribution is 0.0965. The molecule has 0 aliphatic carbocycles. The van der Waals surface area contributed by atoms with Gasteiger partial charge < -0.3 is 10.8 Å². The van der Waals surface area contributed by atoms with Gasteiger partial charge in [-0.05, 0) is 35.0 Å². The van der Waals surface area contributed by atoms with Gasteiger partial charge in [0.1, 0.15) is 5.75 Å². The number of carbonyl (C=O) groups is 1. The summed E-state index contributed by atoms with van der Waals surface area (Å²) in [6.45, 7) is 1.55. The van der Waals surface area contributed by atoms with Crippen LogP contribution in [0.4, 0.5) is 0 Å². The molecule has 76 valence electrons. The van der Waals surface area contributed by atoms with Crippen LogP contribution in [0.5, 0.6) is 5.75 Å². The van der Waals surface area contributed by atoms with Crippen molar-refractivity contribution in [2.75, 3.05) is 0 Å². The summed E-state index contributed by atoms with van der Waals surface area (Å²) >= 11 is 8.92. The van der Waals surface area contributed by atoms with Gasteiger partial charge in [-0.2, -0.15) is 0 Å². The minimum absolute atomic E-state index is 0.122. The number of ketones is 1. The van der Waals surface area contributed by atoms with E-state index in [0.29, 0.717) is 9.50 Å². The Balaban J connectivity index is 3.22. The molecular formula is C9H9BrClNO2. The Hall–Kier alpha value is -0.580. The third-order valence-electron chi connectivity index (χ3n) is 1.72. The van der Waals surface area contributed by atoms with E-state index < -0.39 is 6.04 Å². The second-order valence-electron chi connectivity index (χ2n) is 2.94. The van der Waals surface area contributed by atoms with E-state index in [2.05, 4.69) is 15.9 Å². The normalized spacial score (nSPS) is 12.6. The summed E-state index contributed by atoms with van der Waals surface area (Å²) in [6.07, 6.45) is 0. The number of phenols is 1. The van der Waals surface area contributed by atoms with Gasteiger partial charge >= 0.3 is 0 Å². The fourth-order valence-corrected chi connectivity index (χ4v) is 1.47. The average Bonchev–Trinajstić information content (AvgIpc) is 2.10. The zero-order valence-corrected chi connectivity index (χ0v) is 9.76. The van der Waals surface area contributed by atoms with Gasteiger partial charge in [0, 0.05) is 4.47 Å². The lowest BCUT2D eigenvalue weighted by Gasteiger charge is -2.07. The number of aromatic hydroxyl groups is 1. The summed E-state index contributed by atoms with van der Waals surface area (Å²) in [5.74, 6) is -0.458. The Kier molecular flexibility index (Phi) is 3.53. The largest absolute Gasteiger partial charge is 0.507 e. The van der Waals surface area contributed by atoms with Crippen LogP contribution in [0.3, 0.4) is 0 Å². The molecule has 0 bridgehead atoms. The smallest absolute Gasteiger partial charge is 0.182 e. The molecule has 3 nitrogen and oxygen atoms in total. The standard InChI is InChI=1S/C9H9BrClNO2/c1-4(12)9(14)5-2-7(11)6(10)3-8(5)13/h2-4,13H,12H2,1H3. The Morgan fingerprint density at radius 2 is 2.21 bits per heavy atom. The highest BCUT2D eigenvalue weighted by molar-refractivity contribution is 9.10. The number of nitrogens with two attached hydrogens (primary N) is 1. The number of rotatable bonds is 2. The van der Waals surface area contributed by atoms with Crippen molar-refractivity contribution in [2.45, 2.75) is 13.0 Å². The predicted octanol–water partition coefficient (Wildman–Crippen LogP) is 2.34. The van der Waals surface area contributed by atoms with Crippen molar-refractivity contribution in [3.63, 3.8) is 0 Å². The van der Waals surface area contributed by atoms with Crippen LogP contribution in [0.25, 0.3) is 0 Å². The van der Waals surface area contributed by atoms with Gasteiger partial charge in [0.05, 0.1) is 16.6 Å². The van der Waals surface area contributed by atoms with Crippen LogP contribution in [0.1, 0.15) is 17.3 Å². The molecule has 1 aromatic rings. The van der Waals surface area contributed by atoms with Crippen LogP contribution in [-0.4, -0.2) is 16.9 Å². The Morgan fingerprint density at radius 1 is 1.64 bits per heavy atom. The van der Waals surface area contributed by atoms with Crippen LogP contribution in [0, 0.1) is 0 Å². The molecule has 1 unspecified atom stereocenters. The van der Waals surface area contributed by atoms with Crippen molar-refractivity contribution in [3.8, 4) is 5.75 Å². The van der Waals surface area contributed by atoms with Crippen molar-refractivity contribution in [1.29, 1.82) is 0 Å². The summed E-state index contributed by atoms with van der Waals surface area (Å²) in [5, 5.41) is 9.84. The number of Topliss-reactive ketones (excluding diaryl/α,β-unsaturated/α-hetero) is 1. The number of phenolic OH excluding ortho intramolecular Hbond substituents is 1. The van der Waals surface area contributed by atoms with Gasteiger partial charge in [-0.1, -0.05) is 11.6 Å². The maximum atomic E-state index is 11.5. The molecule has 1 aromatic carbocycles. The summed E-state index contributed by atoms with van der Waals surface area (Å²) in [4.78, 5) is 11.5. The van der Waals surface area contributed by atoms with Gasteiger partial charge in [0.2, 0.25) is 0 Å². The maximum Gasteiger partial charge on any atom is 0.182 e. The zero-order valence-electron chi connectivity index (χ0n) is 7.42. The third-order valence-corrected chi connectivity index (χ3v) is 2.91. The molecule has 0 radical (unpaired) electrons. The average molecular weight is 279 g/mol. The maximum absolute atomic E-state index is 11.5.